The lowest BCUT2D eigenvalue weighted by Crippen LogP contribution is -2.48. The van der Waals surface area contributed by atoms with Crippen molar-refractivity contribution in [1.29, 1.82) is 10.5 Å². The lowest BCUT2D eigenvalue weighted by Gasteiger charge is -2.36. The Hall–Kier alpha value is -2.33. The molecular weight excluding hydrogens is 252 g/mol. The van der Waals surface area contributed by atoms with Gasteiger partial charge in [-0.1, -0.05) is 37.3 Å². The Balaban J connectivity index is 3.49. The number of hydrogen-bond acceptors (Lipinski definition) is 4. The van der Waals surface area contributed by atoms with E-state index in [0.717, 1.165) is 0 Å². The average Bonchev–Trinajstić information content (AvgIpc) is 2.49. The second-order valence-corrected chi connectivity index (χ2v) is 4.69. The number of benzene rings is 1. The molecule has 20 heavy (non-hydrogen) atoms. The molecule has 0 aliphatic carbocycles. The van der Waals surface area contributed by atoms with Crippen LogP contribution in [0.25, 0.3) is 0 Å². The van der Waals surface area contributed by atoms with E-state index in [4.69, 9.17) is 4.74 Å². The zero-order valence-corrected chi connectivity index (χ0v) is 12.0. The van der Waals surface area contributed by atoms with E-state index < -0.39 is 16.8 Å². The highest BCUT2D eigenvalue weighted by Crippen LogP contribution is 2.44. The first-order valence-corrected chi connectivity index (χ1v) is 6.57. The van der Waals surface area contributed by atoms with E-state index >= 15 is 0 Å². The summed E-state index contributed by atoms with van der Waals surface area (Å²) in [5.41, 5.74) is -2.14. The first-order valence-electron chi connectivity index (χ1n) is 6.57. The van der Waals surface area contributed by atoms with E-state index in [0.29, 0.717) is 5.56 Å². The molecule has 0 saturated heterocycles. The molecule has 4 nitrogen and oxygen atoms in total. The molecule has 0 heterocycles. The Morgan fingerprint density at radius 3 is 2.20 bits per heavy atom. The average molecular weight is 270 g/mol. The minimum absolute atomic E-state index is 0.179. The van der Waals surface area contributed by atoms with Crippen molar-refractivity contribution in [2.24, 2.45) is 5.41 Å². The van der Waals surface area contributed by atoms with Gasteiger partial charge in [0.15, 0.2) is 5.41 Å². The molecule has 1 rings (SSSR count). The van der Waals surface area contributed by atoms with Crippen molar-refractivity contribution in [3.8, 4) is 12.1 Å². The van der Waals surface area contributed by atoms with Crippen molar-refractivity contribution >= 4 is 5.97 Å². The largest absolute Gasteiger partial charge is 0.465 e. The number of nitriles is 2. The third kappa shape index (κ3) is 2.26. The van der Waals surface area contributed by atoms with Crippen LogP contribution in [0.5, 0.6) is 0 Å². The summed E-state index contributed by atoms with van der Waals surface area (Å²) in [6.45, 7) is 5.20. The van der Waals surface area contributed by atoms with Crippen LogP contribution in [0.1, 0.15) is 32.8 Å². The van der Waals surface area contributed by atoms with Gasteiger partial charge in [0.1, 0.15) is 5.41 Å². The molecule has 1 aromatic rings. The Bertz CT molecular complexity index is 556. The van der Waals surface area contributed by atoms with Gasteiger partial charge in [0.25, 0.3) is 0 Å². The Kier molecular flexibility index (Phi) is 4.88. The van der Waals surface area contributed by atoms with Gasteiger partial charge in [0.05, 0.1) is 18.7 Å². The van der Waals surface area contributed by atoms with E-state index in [1.54, 1.807) is 45.0 Å². The van der Waals surface area contributed by atoms with Crippen LogP contribution >= 0.6 is 0 Å². The quantitative estimate of drug-likeness (QED) is 0.771. The van der Waals surface area contributed by atoms with Crippen LogP contribution in [0, 0.1) is 28.1 Å². The number of esters is 1. The lowest BCUT2D eigenvalue weighted by molar-refractivity contribution is -0.154. The molecule has 0 saturated carbocycles. The maximum Gasteiger partial charge on any atom is 0.328 e. The van der Waals surface area contributed by atoms with Gasteiger partial charge in [-0.2, -0.15) is 10.5 Å². The van der Waals surface area contributed by atoms with Gasteiger partial charge in [-0.15, -0.1) is 0 Å². The number of nitrogens with zero attached hydrogens (tertiary/aromatic N) is 2. The molecule has 1 aromatic carbocycles. The summed E-state index contributed by atoms with van der Waals surface area (Å²) >= 11 is 0. The van der Waals surface area contributed by atoms with Crippen molar-refractivity contribution in [3.63, 3.8) is 0 Å². The van der Waals surface area contributed by atoms with Gasteiger partial charge in [-0.05, 0) is 25.8 Å². The number of carbonyl (C=O) groups is 1. The monoisotopic (exact) mass is 270 g/mol. The SMILES string of the molecule is CCOC(=O)[C@@](C#N)(CC)[C@](C)(C#N)c1ccccc1. The third-order valence-electron chi connectivity index (χ3n) is 3.77. The molecule has 0 spiro atoms. The molecule has 0 bridgehead atoms. The molecule has 0 fully saturated rings. The number of ether oxygens (including phenoxy) is 1. The van der Waals surface area contributed by atoms with Gasteiger partial charge in [0, 0.05) is 0 Å². The summed E-state index contributed by atoms with van der Waals surface area (Å²) in [5, 5.41) is 19.2. The molecule has 0 aliphatic heterocycles. The second kappa shape index (κ2) is 6.21. The molecule has 0 amide bonds. The molecule has 0 N–H and O–H groups in total. The zero-order valence-electron chi connectivity index (χ0n) is 12.0. The van der Waals surface area contributed by atoms with Crippen LogP contribution in [-0.4, -0.2) is 12.6 Å². The smallest absolute Gasteiger partial charge is 0.328 e. The van der Waals surface area contributed by atoms with Crippen molar-refractivity contribution in [1.82, 2.24) is 0 Å². The summed E-state index contributed by atoms with van der Waals surface area (Å²) in [5.74, 6) is -0.641. The Morgan fingerprint density at radius 2 is 1.80 bits per heavy atom. The summed E-state index contributed by atoms with van der Waals surface area (Å²) in [6, 6.07) is 13.1. The minimum Gasteiger partial charge on any atom is -0.465 e. The highest BCUT2D eigenvalue weighted by Gasteiger charge is 2.56. The standard InChI is InChI=1S/C16H18N2O2/c1-4-16(12-18,14(19)20-5-2)15(3,11-17)13-9-7-6-8-10-13/h6-10H,4-5H2,1-3H3/t15-,16+/m1/s1. The van der Waals surface area contributed by atoms with Gasteiger partial charge < -0.3 is 4.74 Å². The summed E-state index contributed by atoms with van der Waals surface area (Å²) in [6.07, 6.45) is 0.210. The van der Waals surface area contributed by atoms with Crippen LogP contribution in [0.4, 0.5) is 0 Å². The van der Waals surface area contributed by atoms with E-state index in [9.17, 15) is 15.3 Å². The fourth-order valence-electron chi connectivity index (χ4n) is 2.37. The predicted octanol–water partition coefficient (Wildman–Crippen LogP) is 2.95. The molecule has 2 atom stereocenters. The van der Waals surface area contributed by atoms with Crippen LogP contribution in [0.3, 0.4) is 0 Å². The molecule has 4 heteroatoms. The molecule has 0 aromatic heterocycles. The van der Waals surface area contributed by atoms with Crippen LogP contribution < -0.4 is 0 Å². The van der Waals surface area contributed by atoms with Crippen molar-refractivity contribution in [2.45, 2.75) is 32.6 Å². The second-order valence-electron chi connectivity index (χ2n) is 4.69. The molecular formula is C16H18N2O2. The molecule has 0 radical (unpaired) electrons. The Labute approximate surface area is 119 Å². The fourth-order valence-corrected chi connectivity index (χ4v) is 2.37. The van der Waals surface area contributed by atoms with Gasteiger partial charge in [-0.25, -0.2) is 0 Å². The minimum atomic E-state index is -1.51. The van der Waals surface area contributed by atoms with Crippen molar-refractivity contribution in [3.05, 3.63) is 35.9 Å². The van der Waals surface area contributed by atoms with Crippen LogP contribution in [-0.2, 0) is 14.9 Å². The Morgan fingerprint density at radius 1 is 1.20 bits per heavy atom. The van der Waals surface area contributed by atoms with E-state index in [1.807, 2.05) is 12.1 Å². The topological polar surface area (TPSA) is 73.9 Å². The summed E-state index contributed by atoms with van der Waals surface area (Å²) in [4.78, 5) is 12.3. The fraction of sp³-hybridized carbons (Fsp3) is 0.438. The highest BCUT2D eigenvalue weighted by atomic mass is 16.5. The van der Waals surface area contributed by atoms with Crippen molar-refractivity contribution < 1.29 is 9.53 Å². The lowest BCUT2D eigenvalue weighted by atomic mass is 9.61. The first kappa shape index (κ1) is 15.7. The van der Waals surface area contributed by atoms with E-state index in [2.05, 4.69) is 6.07 Å². The maximum atomic E-state index is 12.3. The maximum absolute atomic E-state index is 12.3. The summed E-state index contributed by atoms with van der Waals surface area (Å²) < 4.78 is 5.05. The van der Waals surface area contributed by atoms with Gasteiger partial charge in [-0.3, -0.25) is 4.79 Å². The number of carbonyl (C=O) groups excluding carboxylic acids is 1. The van der Waals surface area contributed by atoms with Gasteiger partial charge in [0.2, 0.25) is 0 Å². The van der Waals surface area contributed by atoms with Gasteiger partial charge >= 0.3 is 5.97 Å². The van der Waals surface area contributed by atoms with Crippen molar-refractivity contribution in [2.75, 3.05) is 6.61 Å². The van der Waals surface area contributed by atoms with Crippen LogP contribution in [0.2, 0.25) is 0 Å². The van der Waals surface area contributed by atoms with E-state index in [1.165, 1.54) is 0 Å². The first-order chi connectivity index (χ1) is 9.52. The molecule has 104 valence electrons. The number of rotatable bonds is 5. The summed E-state index contributed by atoms with van der Waals surface area (Å²) in [7, 11) is 0. The molecule has 0 unspecified atom stereocenters. The number of hydrogen-bond donors (Lipinski definition) is 0. The van der Waals surface area contributed by atoms with E-state index in [-0.39, 0.29) is 13.0 Å². The normalized spacial score (nSPS) is 16.1. The third-order valence-corrected chi connectivity index (χ3v) is 3.77. The zero-order chi connectivity index (χ0) is 15.2. The highest BCUT2D eigenvalue weighted by molar-refractivity contribution is 5.83. The molecule has 0 aliphatic rings. The van der Waals surface area contributed by atoms with Crippen LogP contribution in [0.15, 0.2) is 30.3 Å². The predicted molar refractivity (Wildman–Crippen MR) is 74.4 cm³/mol.